The molecular weight excluding hydrogens is 156 g/mol. The van der Waals surface area contributed by atoms with Crippen LogP contribution in [0.15, 0.2) is 18.2 Å². The molecule has 0 spiro atoms. The molecule has 1 heterocycles. The SMILES string of the molecule is OCc1ccc2c(c1)COCO2. The largest absolute Gasteiger partial charge is 0.467 e. The van der Waals surface area contributed by atoms with Crippen molar-refractivity contribution in [2.75, 3.05) is 6.79 Å². The zero-order valence-electron chi connectivity index (χ0n) is 6.62. The van der Waals surface area contributed by atoms with Crippen molar-refractivity contribution in [2.24, 2.45) is 0 Å². The van der Waals surface area contributed by atoms with Gasteiger partial charge in [0.15, 0.2) is 6.79 Å². The van der Waals surface area contributed by atoms with Gasteiger partial charge in [-0.1, -0.05) is 6.07 Å². The van der Waals surface area contributed by atoms with Crippen molar-refractivity contribution in [3.05, 3.63) is 29.3 Å². The van der Waals surface area contributed by atoms with Gasteiger partial charge in [-0.25, -0.2) is 0 Å². The number of hydrogen-bond donors (Lipinski definition) is 1. The lowest BCUT2D eigenvalue weighted by atomic mass is 10.1. The first-order valence-corrected chi connectivity index (χ1v) is 3.83. The predicted octanol–water partition coefficient (Wildman–Crippen LogP) is 1.05. The molecule has 1 N–H and O–H groups in total. The van der Waals surface area contributed by atoms with E-state index in [-0.39, 0.29) is 6.61 Å². The molecule has 0 fully saturated rings. The fourth-order valence-corrected chi connectivity index (χ4v) is 1.24. The first-order valence-electron chi connectivity index (χ1n) is 3.83. The van der Waals surface area contributed by atoms with Gasteiger partial charge in [0.05, 0.1) is 13.2 Å². The second-order valence-corrected chi connectivity index (χ2v) is 2.71. The molecule has 3 nitrogen and oxygen atoms in total. The third-order valence-electron chi connectivity index (χ3n) is 1.86. The number of fused-ring (bicyclic) bond motifs is 1. The van der Waals surface area contributed by atoms with Gasteiger partial charge in [0.2, 0.25) is 0 Å². The van der Waals surface area contributed by atoms with Crippen LogP contribution < -0.4 is 4.74 Å². The highest BCUT2D eigenvalue weighted by molar-refractivity contribution is 5.37. The Morgan fingerprint density at radius 3 is 3.17 bits per heavy atom. The van der Waals surface area contributed by atoms with Gasteiger partial charge < -0.3 is 14.6 Å². The Kier molecular flexibility index (Phi) is 1.98. The van der Waals surface area contributed by atoms with Crippen LogP contribution in [0, 0.1) is 0 Å². The smallest absolute Gasteiger partial charge is 0.189 e. The Hall–Kier alpha value is -1.06. The molecule has 1 aliphatic heterocycles. The predicted molar refractivity (Wildman–Crippen MR) is 42.6 cm³/mol. The Balaban J connectivity index is 2.36. The first kappa shape index (κ1) is 7.58. The maximum Gasteiger partial charge on any atom is 0.189 e. The molecule has 0 saturated heterocycles. The fourth-order valence-electron chi connectivity index (χ4n) is 1.24. The zero-order valence-corrected chi connectivity index (χ0v) is 6.62. The second kappa shape index (κ2) is 3.13. The summed E-state index contributed by atoms with van der Waals surface area (Å²) in [6, 6.07) is 5.61. The molecule has 2 rings (SSSR count). The molecule has 1 aliphatic rings. The van der Waals surface area contributed by atoms with Crippen LogP contribution in [0.4, 0.5) is 0 Å². The number of benzene rings is 1. The van der Waals surface area contributed by atoms with Crippen molar-refractivity contribution in [2.45, 2.75) is 13.2 Å². The van der Waals surface area contributed by atoms with Gasteiger partial charge in [0, 0.05) is 5.56 Å². The van der Waals surface area contributed by atoms with E-state index < -0.39 is 0 Å². The molecule has 0 amide bonds. The summed E-state index contributed by atoms with van der Waals surface area (Å²) in [5.41, 5.74) is 1.90. The van der Waals surface area contributed by atoms with Gasteiger partial charge in [-0.05, 0) is 17.7 Å². The van der Waals surface area contributed by atoms with Crippen molar-refractivity contribution in [3.8, 4) is 5.75 Å². The van der Waals surface area contributed by atoms with Crippen LogP contribution in [0.1, 0.15) is 11.1 Å². The van der Waals surface area contributed by atoms with E-state index in [9.17, 15) is 0 Å². The quantitative estimate of drug-likeness (QED) is 0.677. The lowest BCUT2D eigenvalue weighted by molar-refractivity contribution is -0.0164. The molecule has 0 bridgehead atoms. The number of aliphatic hydroxyl groups is 1. The van der Waals surface area contributed by atoms with Crippen molar-refractivity contribution in [3.63, 3.8) is 0 Å². The summed E-state index contributed by atoms with van der Waals surface area (Å²) < 4.78 is 10.3. The summed E-state index contributed by atoms with van der Waals surface area (Å²) in [5.74, 6) is 0.860. The van der Waals surface area contributed by atoms with Gasteiger partial charge in [-0.15, -0.1) is 0 Å². The molecule has 3 heteroatoms. The van der Waals surface area contributed by atoms with Crippen LogP contribution in [-0.2, 0) is 18.0 Å². The lowest BCUT2D eigenvalue weighted by Gasteiger charge is -2.17. The van der Waals surface area contributed by atoms with Crippen molar-refractivity contribution < 1.29 is 14.6 Å². The summed E-state index contributed by atoms with van der Waals surface area (Å²) >= 11 is 0. The summed E-state index contributed by atoms with van der Waals surface area (Å²) in [7, 11) is 0. The Morgan fingerprint density at radius 2 is 2.33 bits per heavy atom. The van der Waals surface area contributed by atoms with E-state index in [1.165, 1.54) is 0 Å². The van der Waals surface area contributed by atoms with E-state index in [2.05, 4.69) is 0 Å². The Bertz CT molecular complexity index is 283. The number of rotatable bonds is 1. The van der Waals surface area contributed by atoms with Crippen LogP contribution in [0.25, 0.3) is 0 Å². The third-order valence-corrected chi connectivity index (χ3v) is 1.86. The Morgan fingerprint density at radius 1 is 1.42 bits per heavy atom. The summed E-state index contributed by atoms with van der Waals surface area (Å²) in [6.45, 7) is 0.960. The molecule has 1 aromatic rings. The maximum absolute atomic E-state index is 8.86. The highest BCUT2D eigenvalue weighted by Gasteiger charge is 2.09. The van der Waals surface area contributed by atoms with Gasteiger partial charge >= 0.3 is 0 Å². The lowest BCUT2D eigenvalue weighted by Crippen LogP contribution is -2.11. The highest BCUT2D eigenvalue weighted by Crippen LogP contribution is 2.24. The molecule has 12 heavy (non-hydrogen) atoms. The first-order chi connectivity index (χ1) is 5.90. The number of hydrogen-bond acceptors (Lipinski definition) is 3. The van der Waals surface area contributed by atoms with Gasteiger partial charge in [-0.2, -0.15) is 0 Å². The minimum atomic E-state index is 0.0628. The molecule has 64 valence electrons. The van der Waals surface area contributed by atoms with Crippen LogP contribution >= 0.6 is 0 Å². The normalized spacial score (nSPS) is 15.1. The van der Waals surface area contributed by atoms with Crippen LogP contribution in [0.2, 0.25) is 0 Å². The molecule has 0 unspecified atom stereocenters. The van der Waals surface area contributed by atoms with Crippen molar-refractivity contribution in [1.29, 1.82) is 0 Å². The fraction of sp³-hybridized carbons (Fsp3) is 0.333. The standard InChI is InChI=1S/C9H10O3/c10-4-7-1-2-9-8(3-7)5-11-6-12-9/h1-3,10H,4-6H2. The molecule has 0 saturated carbocycles. The summed E-state index contributed by atoms with van der Waals surface area (Å²) in [5, 5.41) is 8.86. The molecule has 0 atom stereocenters. The molecule has 0 aliphatic carbocycles. The van der Waals surface area contributed by atoms with Crippen LogP contribution in [0.3, 0.4) is 0 Å². The van der Waals surface area contributed by atoms with Crippen molar-refractivity contribution >= 4 is 0 Å². The van der Waals surface area contributed by atoms with Gasteiger partial charge in [0.1, 0.15) is 5.75 Å². The maximum atomic E-state index is 8.86. The zero-order chi connectivity index (χ0) is 8.39. The summed E-state index contributed by atoms with van der Waals surface area (Å²) in [4.78, 5) is 0. The van der Waals surface area contributed by atoms with Crippen LogP contribution in [0.5, 0.6) is 5.75 Å². The van der Waals surface area contributed by atoms with Crippen molar-refractivity contribution in [1.82, 2.24) is 0 Å². The van der Waals surface area contributed by atoms with E-state index in [0.29, 0.717) is 13.4 Å². The second-order valence-electron chi connectivity index (χ2n) is 2.71. The van der Waals surface area contributed by atoms with E-state index in [4.69, 9.17) is 14.6 Å². The minimum absolute atomic E-state index is 0.0628. The van der Waals surface area contributed by atoms with E-state index in [1.54, 1.807) is 0 Å². The number of ether oxygens (including phenoxy) is 2. The monoisotopic (exact) mass is 166 g/mol. The average Bonchev–Trinajstić information content (AvgIpc) is 2.17. The summed E-state index contributed by atoms with van der Waals surface area (Å²) in [6.07, 6.45) is 0. The van der Waals surface area contributed by atoms with Crippen LogP contribution in [-0.4, -0.2) is 11.9 Å². The van der Waals surface area contributed by atoms with E-state index in [0.717, 1.165) is 16.9 Å². The topological polar surface area (TPSA) is 38.7 Å². The Labute approximate surface area is 70.5 Å². The molecular formula is C9H10O3. The molecule has 1 aromatic carbocycles. The third kappa shape index (κ3) is 1.29. The number of aliphatic hydroxyl groups excluding tert-OH is 1. The van der Waals surface area contributed by atoms with E-state index in [1.807, 2.05) is 18.2 Å². The van der Waals surface area contributed by atoms with Gasteiger partial charge in [-0.3, -0.25) is 0 Å². The minimum Gasteiger partial charge on any atom is -0.467 e. The molecule has 0 aromatic heterocycles. The van der Waals surface area contributed by atoms with Gasteiger partial charge in [0.25, 0.3) is 0 Å². The highest BCUT2D eigenvalue weighted by atomic mass is 16.7. The van der Waals surface area contributed by atoms with E-state index >= 15 is 0 Å². The molecule has 0 radical (unpaired) electrons. The average molecular weight is 166 g/mol.